The molecule has 0 aliphatic carbocycles. The van der Waals surface area contributed by atoms with Crippen molar-refractivity contribution in [3.8, 4) is 17.0 Å². The molecule has 0 bridgehead atoms. The summed E-state index contributed by atoms with van der Waals surface area (Å²) in [6.45, 7) is 0. The van der Waals surface area contributed by atoms with Gasteiger partial charge in [0.15, 0.2) is 0 Å². The fourth-order valence-corrected chi connectivity index (χ4v) is 2.24. The van der Waals surface area contributed by atoms with Crippen LogP contribution in [0, 0.1) is 0 Å². The van der Waals surface area contributed by atoms with Crippen molar-refractivity contribution in [1.29, 1.82) is 0 Å². The lowest BCUT2D eigenvalue weighted by molar-refractivity contribution is 0.436. The molecule has 1 aromatic carbocycles. The van der Waals surface area contributed by atoms with Gasteiger partial charge in [-0.05, 0) is 6.07 Å². The molecule has 2 N–H and O–H groups in total. The van der Waals surface area contributed by atoms with Gasteiger partial charge in [-0.1, -0.05) is 34.1 Å². The fraction of sp³-hybridized carbons (Fsp3) is 0. The van der Waals surface area contributed by atoms with Crippen molar-refractivity contribution in [3.63, 3.8) is 0 Å². The quantitative estimate of drug-likeness (QED) is 0.714. The van der Waals surface area contributed by atoms with Gasteiger partial charge < -0.3 is 5.11 Å². The molecule has 7 heteroatoms. The van der Waals surface area contributed by atoms with Crippen LogP contribution in [0.5, 0.6) is 5.88 Å². The molecule has 0 saturated heterocycles. The maximum atomic E-state index is 12.0. The standard InChI is InChI=1S/C11H7BrN4O2/c12-7-4-2-1-3-6(7)8-9(17)15-11-13-5-14-16(11)10(8)18/h1-5,18H,(H,13,14,15,17). The average molecular weight is 307 g/mol. The van der Waals surface area contributed by atoms with Gasteiger partial charge in [0.1, 0.15) is 11.9 Å². The minimum atomic E-state index is -0.417. The molecule has 0 fully saturated rings. The topological polar surface area (TPSA) is 83.3 Å². The van der Waals surface area contributed by atoms with Gasteiger partial charge >= 0.3 is 0 Å². The third-order valence-electron chi connectivity index (χ3n) is 2.57. The SMILES string of the molecule is O=c1[nH]c2ncnn2c(O)c1-c1ccccc1Br. The van der Waals surface area contributed by atoms with E-state index in [-0.39, 0.29) is 17.2 Å². The summed E-state index contributed by atoms with van der Waals surface area (Å²) >= 11 is 3.35. The third kappa shape index (κ3) is 1.52. The highest BCUT2D eigenvalue weighted by atomic mass is 79.9. The molecule has 0 aliphatic heterocycles. The van der Waals surface area contributed by atoms with Crippen molar-refractivity contribution in [2.75, 3.05) is 0 Å². The molecule has 6 nitrogen and oxygen atoms in total. The molecule has 0 aliphatic rings. The number of nitrogens with zero attached hydrogens (tertiary/aromatic N) is 3. The van der Waals surface area contributed by atoms with Crippen LogP contribution in [0.1, 0.15) is 0 Å². The number of aromatic amines is 1. The molecule has 0 atom stereocenters. The molecular weight excluding hydrogens is 300 g/mol. The van der Waals surface area contributed by atoms with Crippen molar-refractivity contribution < 1.29 is 5.11 Å². The number of aromatic nitrogens is 4. The van der Waals surface area contributed by atoms with E-state index in [9.17, 15) is 9.90 Å². The Morgan fingerprint density at radius 2 is 2.11 bits per heavy atom. The molecule has 0 radical (unpaired) electrons. The summed E-state index contributed by atoms with van der Waals surface area (Å²) in [5.41, 5.74) is 0.328. The predicted molar refractivity (Wildman–Crippen MR) is 68.4 cm³/mol. The van der Waals surface area contributed by atoms with E-state index in [1.807, 2.05) is 6.07 Å². The zero-order valence-corrected chi connectivity index (χ0v) is 10.5. The van der Waals surface area contributed by atoms with Crippen LogP contribution in [0.15, 0.2) is 39.9 Å². The number of hydrogen-bond acceptors (Lipinski definition) is 4. The second-order valence-electron chi connectivity index (χ2n) is 3.63. The Morgan fingerprint density at radius 1 is 1.33 bits per heavy atom. The summed E-state index contributed by atoms with van der Waals surface area (Å²) < 4.78 is 1.89. The molecule has 3 aromatic rings. The number of benzene rings is 1. The second-order valence-corrected chi connectivity index (χ2v) is 4.48. The van der Waals surface area contributed by atoms with E-state index in [2.05, 4.69) is 31.0 Å². The maximum Gasteiger partial charge on any atom is 0.264 e. The number of fused-ring (bicyclic) bond motifs is 1. The first-order valence-electron chi connectivity index (χ1n) is 5.08. The summed E-state index contributed by atoms with van der Waals surface area (Å²) in [7, 11) is 0. The molecule has 18 heavy (non-hydrogen) atoms. The smallest absolute Gasteiger partial charge is 0.264 e. The fourth-order valence-electron chi connectivity index (χ4n) is 1.76. The Bertz CT molecular complexity index is 793. The Hall–Kier alpha value is -2.15. The lowest BCUT2D eigenvalue weighted by atomic mass is 10.1. The first-order valence-corrected chi connectivity index (χ1v) is 5.87. The van der Waals surface area contributed by atoms with Crippen LogP contribution in [0.2, 0.25) is 0 Å². The van der Waals surface area contributed by atoms with Gasteiger partial charge in [-0.15, -0.1) is 0 Å². The van der Waals surface area contributed by atoms with Gasteiger partial charge in [0.25, 0.3) is 5.56 Å². The van der Waals surface area contributed by atoms with Crippen LogP contribution < -0.4 is 5.56 Å². The van der Waals surface area contributed by atoms with Gasteiger partial charge in [-0.25, -0.2) is 0 Å². The zero-order valence-electron chi connectivity index (χ0n) is 8.96. The molecule has 3 rings (SSSR count). The molecule has 2 aromatic heterocycles. The van der Waals surface area contributed by atoms with Crippen LogP contribution in [0.4, 0.5) is 0 Å². The number of halogens is 1. The van der Waals surface area contributed by atoms with Crippen molar-refractivity contribution >= 4 is 21.7 Å². The van der Waals surface area contributed by atoms with Crippen LogP contribution in [0.3, 0.4) is 0 Å². The number of nitrogens with one attached hydrogen (secondary N) is 1. The van der Waals surface area contributed by atoms with Gasteiger partial charge in [-0.3, -0.25) is 9.78 Å². The first-order chi connectivity index (χ1) is 8.68. The monoisotopic (exact) mass is 306 g/mol. The maximum absolute atomic E-state index is 12.0. The van der Waals surface area contributed by atoms with Gasteiger partial charge in [0.2, 0.25) is 11.7 Å². The summed E-state index contributed by atoms with van der Waals surface area (Å²) in [6.07, 6.45) is 1.26. The summed E-state index contributed by atoms with van der Waals surface area (Å²) in [5, 5.41) is 14.0. The summed E-state index contributed by atoms with van der Waals surface area (Å²) in [6, 6.07) is 7.13. The molecule has 0 saturated carbocycles. The highest BCUT2D eigenvalue weighted by Gasteiger charge is 2.16. The van der Waals surface area contributed by atoms with E-state index in [1.165, 1.54) is 10.8 Å². The molecule has 2 heterocycles. The Balaban J connectivity index is 2.43. The highest BCUT2D eigenvalue weighted by molar-refractivity contribution is 9.10. The lowest BCUT2D eigenvalue weighted by Crippen LogP contribution is -2.13. The van der Waals surface area contributed by atoms with Crippen LogP contribution >= 0.6 is 15.9 Å². The molecule has 0 amide bonds. The minimum absolute atomic E-state index is 0.153. The largest absolute Gasteiger partial charge is 0.493 e. The van der Waals surface area contributed by atoms with E-state index in [0.29, 0.717) is 10.0 Å². The van der Waals surface area contributed by atoms with Crippen molar-refractivity contribution in [2.45, 2.75) is 0 Å². The lowest BCUT2D eigenvalue weighted by Gasteiger charge is -2.06. The summed E-state index contributed by atoms with van der Waals surface area (Å²) in [5.74, 6) is -0.0357. The van der Waals surface area contributed by atoms with E-state index in [0.717, 1.165) is 0 Å². The normalized spacial score (nSPS) is 10.9. The van der Waals surface area contributed by atoms with E-state index >= 15 is 0 Å². The van der Waals surface area contributed by atoms with Crippen LogP contribution in [0.25, 0.3) is 16.9 Å². The molecule has 0 unspecified atom stereocenters. The van der Waals surface area contributed by atoms with E-state index < -0.39 is 5.56 Å². The van der Waals surface area contributed by atoms with Crippen molar-refractivity contribution in [3.05, 3.63) is 45.4 Å². The minimum Gasteiger partial charge on any atom is -0.493 e. The number of H-pyrrole nitrogens is 1. The molecular formula is C11H7BrN4O2. The molecule has 90 valence electrons. The number of rotatable bonds is 1. The van der Waals surface area contributed by atoms with Crippen LogP contribution in [-0.4, -0.2) is 24.7 Å². The number of hydrogen-bond donors (Lipinski definition) is 2. The van der Waals surface area contributed by atoms with E-state index in [4.69, 9.17) is 0 Å². The van der Waals surface area contributed by atoms with Gasteiger partial charge in [0.05, 0.1) is 0 Å². The Morgan fingerprint density at radius 3 is 2.89 bits per heavy atom. The average Bonchev–Trinajstić information content (AvgIpc) is 2.79. The summed E-state index contributed by atoms with van der Waals surface area (Å²) in [4.78, 5) is 18.4. The second kappa shape index (κ2) is 3.95. The van der Waals surface area contributed by atoms with Gasteiger partial charge in [0, 0.05) is 10.0 Å². The molecule has 0 spiro atoms. The van der Waals surface area contributed by atoms with Crippen molar-refractivity contribution in [1.82, 2.24) is 19.6 Å². The van der Waals surface area contributed by atoms with E-state index in [1.54, 1.807) is 18.2 Å². The number of aromatic hydroxyl groups is 1. The van der Waals surface area contributed by atoms with Crippen molar-refractivity contribution in [2.24, 2.45) is 0 Å². The third-order valence-corrected chi connectivity index (χ3v) is 3.26. The Kier molecular flexibility index (Phi) is 2.41. The first kappa shape index (κ1) is 11.0. The predicted octanol–water partition coefficient (Wildman–Crippen LogP) is 1.55. The van der Waals surface area contributed by atoms with Gasteiger partial charge in [-0.2, -0.15) is 14.6 Å². The zero-order chi connectivity index (χ0) is 12.7. The Labute approximate surface area is 109 Å². The van der Waals surface area contributed by atoms with Crippen LogP contribution in [-0.2, 0) is 0 Å². The highest BCUT2D eigenvalue weighted by Crippen LogP contribution is 2.30.